The number of pyridine rings is 1. The Kier molecular flexibility index (Phi) is 5.02. The molecule has 2 atom stereocenters. The molecule has 2 fully saturated rings. The molecule has 4 rings (SSSR count). The van der Waals surface area contributed by atoms with Crippen molar-refractivity contribution in [2.75, 3.05) is 7.05 Å². The molecule has 2 aliphatic heterocycles. The highest BCUT2D eigenvalue weighted by molar-refractivity contribution is 5.97. The molecule has 6 nitrogen and oxygen atoms in total. The molecule has 0 aliphatic carbocycles. The van der Waals surface area contributed by atoms with Crippen molar-refractivity contribution in [3.8, 4) is 0 Å². The molecule has 1 amide bonds. The number of halogens is 1. The fourth-order valence-corrected chi connectivity index (χ4v) is 4.10. The van der Waals surface area contributed by atoms with Gasteiger partial charge in [-0.05, 0) is 37.7 Å². The summed E-state index contributed by atoms with van der Waals surface area (Å²) in [5.74, 6) is 0.266. The van der Waals surface area contributed by atoms with Crippen LogP contribution in [-0.2, 0) is 0 Å². The highest BCUT2D eigenvalue weighted by atomic mass is 35.5. The summed E-state index contributed by atoms with van der Waals surface area (Å²) in [4.78, 5) is 19.1. The summed E-state index contributed by atoms with van der Waals surface area (Å²) >= 11 is 0. The number of aromatic nitrogens is 2. The number of carbonyl (C=O) groups excluding carboxylic acids is 1. The molecule has 2 aromatic rings. The third kappa shape index (κ3) is 3.25. The number of rotatable bonds is 3. The van der Waals surface area contributed by atoms with Gasteiger partial charge < -0.3 is 14.7 Å². The normalized spacial score (nSPS) is 25.2. The molecular weight excluding hydrogens is 340 g/mol. The predicted molar refractivity (Wildman–Crippen MR) is 98.2 cm³/mol. The molecule has 2 aliphatic rings. The number of piperidine rings is 1. The molecule has 136 valence electrons. The Morgan fingerprint density at radius 2 is 2.00 bits per heavy atom. The summed E-state index contributed by atoms with van der Waals surface area (Å²) in [5, 5.41) is 8.55. The molecule has 1 N–H and O–H groups in total. The number of nitrogens with one attached hydrogen (secondary N) is 1. The number of fused-ring (bicyclic) bond motifs is 3. The number of hydrogen-bond acceptors (Lipinski definition) is 5. The Morgan fingerprint density at radius 1 is 1.32 bits per heavy atom. The molecule has 4 heterocycles. The average molecular weight is 365 g/mol. The fourth-order valence-electron chi connectivity index (χ4n) is 4.10. The molecule has 0 saturated carbocycles. The largest absolute Gasteiger partial charge is 0.339 e. The first-order chi connectivity index (χ1) is 11.5. The molecule has 2 aromatic heterocycles. The molecule has 25 heavy (non-hydrogen) atoms. The summed E-state index contributed by atoms with van der Waals surface area (Å²) in [6.45, 7) is 4.12. The van der Waals surface area contributed by atoms with Gasteiger partial charge in [-0.1, -0.05) is 19.0 Å². The van der Waals surface area contributed by atoms with Crippen molar-refractivity contribution in [2.45, 2.75) is 63.6 Å². The Morgan fingerprint density at radius 3 is 2.64 bits per heavy atom. The van der Waals surface area contributed by atoms with E-state index in [1.807, 2.05) is 18.0 Å². The van der Waals surface area contributed by atoms with Gasteiger partial charge in [-0.25, -0.2) is 4.98 Å². The van der Waals surface area contributed by atoms with Crippen molar-refractivity contribution in [2.24, 2.45) is 0 Å². The van der Waals surface area contributed by atoms with Crippen LogP contribution in [0.4, 0.5) is 0 Å². The predicted octanol–water partition coefficient (Wildman–Crippen LogP) is 3.12. The van der Waals surface area contributed by atoms with Gasteiger partial charge in [0.2, 0.25) is 0 Å². The van der Waals surface area contributed by atoms with Gasteiger partial charge in [0.05, 0.1) is 16.6 Å². The minimum Gasteiger partial charge on any atom is -0.339 e. The first-order valence-corrected chi connectivity index (χ1v) is 8.81. The minimum absolute atomic E-state index is 0. The maximum atomic E-state index is 12.9. The van der Waals surface area contributed by atoms with Crippen LogP contribution in [0.25, 0.3) is 11.1 Å². The Balaban J connectivity index is 0.00000182. The van der Waals surface area contributed by atoms with E-state index >= 15 is 0 Å². The van der Waals surface area contributed by atoms with E-state index in [4.69, 9.17) is 4.52 Å². The van der Waals surface area contributed by atoms with Crippen molar-refractivity contribution in [3.05, 3.63) is 23.5 Å². The third-order valence-corrected chi connectivity index (χ3v) is 5.47. The highest BCUT2D eigenvalue weighted by Gasteiger charge is 2.36. The Labute approximate surface area is 153 Å². The van der Waals surface area contributed by atoms with Crippen LogP contribution < -0.4 is 5.32 Å². The molecule has 2 unspecified atom stereocenters. The van der Waals surface area contributed by atoms with Gasteiger partial charge in [-0.2, -0.15) is 0 Å². The molecule has 0 spiro atoms. The zero-order valence-corrected chi connectivity index (χ0v) is 15.7. The quantitative estimate of drug-likeness (QED) is 0.905. The van der Waals surface area contributed by atoms with Gasteiger partial charge in [0.25, 0.3) is 11.6 Å². The van der Waals surface area contributed by atoms with Crippen LogP contribution in [0.15, 0.2) is 16.8 Å². The maximum absolute atomic E-state index is 12.9. The van der Waals surface area contributed by atoms with Crippen LogP contribution in [-0.4, -0.2) is 46.1 Å². The van der Waals surface area contributed by atoms with Gasteiger partial charge in [0.15, 0.2) is 0 Å². The molecule has 0 aromatic carbocycles. The van der Waals surface area contributed by atoms with E-state index in [9.17, 15) is 4.79 Å². The zero-order valence-electron chi connectivity index (χ0n) is 14.9. The molecule has 7 heteroatoms. The molecular formula is C18H25ClN4O2. The lowest BCUT2D eigenvalue weighted by molar-refractivity contribution is 0.0681. The SMILES string of the molecule is CC(C)c1noc2ncc(C(=O)N(C)C3CC4CCC(C3)N4)cc12.Cl. The number of amides is 1. The highest BCUT2D eigenvalue weighted by Crippen LogP contribution is 2.30. The molecule has 2 saturated heterocycles. The van der Waals surface area contributed by atoms with Gasteiger partial charge in [-0.3, -0.25) is 4.79 Å². The Hall–Kier alpha value is -1.66. The van der Waals surface area contributed by atoms with E-state index in [-0.39, 0.29) is 24.2 Å². The number of carbonyl (C=O) groups is 1. The van der Waals surface area contributed by atoms with Gasteiger partial charge in [-0.15, -0.1) is 12.4 Å². The number of nitrogens with zero attached hydrogens (tertiary/aromatic N) is 3. The van der Waals surface area contributed by atoms with E-state index in [1.54, 1.807) is 6.20 Å². The maximum Gasteiger partial charge on any atom is 0.257 e. The van der Waals surface area contributed by atoms with E-state index in [0.29, 0.717) is 29.4 Å². The zero-order chi connectivity index (χ0) is 16.8. The first-order valence-electron chi connectivity index (χ1n) is 8.81. The third-order valence-electron chi connectivity index (χ3n) is 5.47. The smallest absolute Gasteiger partial charge is 0.257 e. The summed E-state index contributed by atoms with van der Waals surface area (Å²) < 4.78 is 5.26. The van der Waals surface area contributed by atoms with E-state index in [1.165, 1.54) is 12.8 Å². The van der Waals surface area contributed by atoms with E-state index in [2.05, 4.69) is 29.3 Å². The van der Waals surface area contributed by atoms with Crippen LogP contribution in [0.1, 0.15) is 61.5 Å². The van der Waals surface area contributed by atoms with Crippen LogP contribution in [0, 0.1) is 0 Å². The number of hydrogen-bond donors (Lipinski definition) is 1. The van der Waals surface area contributed by atoms with Crippen LogP contribution in [0.2, 0.25) is 0 Å². The lowest BCUT2D eigenvalue weighted by Gasteiger charge is -2.35. The van der Waals surface area contributed by atoms with Crippen LogP contribution in [0.3, 0.4) is 0 Å². The second-order valence-corrected chi connectivity index (χ2v) is 7.48. The average Bonchev–Trinajstić information content (AvgIpc) is 3.15. The first kappa shape index (κ1) is 18.1. The fraction of sp³-hybridized carbons (Fsp3) is 0.611. The van der Waals surface area contributed by atoms with Crippen molar-refractivity contribution in [1.29, 1.82) is 0 Å². The van der Waals surface area contributed by atoms with Crippen molar-refractivity contribution < 1.29 is 9.32 Å². The van der Waals surface area contributed by atoms with Gasteiger partial charge in [0, 0.05) is 31.4 Å². The molecule has 0 radical (unpaired) electrons. The monoisotopic (exact) mass is 364 g/mol. The van der Waals surface area contributed by atoms with Crippen LogP contribution in [0.5, 0.6) is 0 Å². The van der Waals surface area contributed by atoms with Crippen molar-refractivity contribution in [3.63, 3.8) is 0 Å². The van der Waals surface area contributed by atoms with E-state index < -0.39 is 0 Å². The lowest BCUT2D eigenvalue weighted by atomic mass is 9.98. The Bertz CT molecular complexity index is 764. The lowest BCUT2D eigenvalue weighted by Crippen LogP contribution is -2.48. The van der Waals surface area contributed by atoms with E-state index in [0.717, 1.165) is 23.9 Å². The van der Waals surface area contributed by atoms with Gasteiger partial charge in [0.1, 0.15) is 0 Å². The minimum atomic E-state index is 0. The van der Waals surface area contributed by atoms with Crippen LogP contribution >= 0.6 is 12.4 Å². The second kappa shape index (κ2) is 6.92. The second-order valence-electron chi connectivity index (χ2n) is 7.48. The summed E-state index contributed by atoms with van der Waals surface area (Å²) in [7, 11) is 1.92. The topological polar surface area (TPSA) is 71.3 Å². The van der Waals surface area contributed by atoms with Crippen molar-refractivity contribution >= 4 is 29.4 Å². The summed E-state index contributed by atoms with van der Waals surface area (Å²) in [6, 6.07) is 3.31. The van der Waals surface area contributed by atoms with Gasteiger partial charge >= 0.3 is 0 Å². The van der Waals surface area contributed by atoms with Crippen molar-refractivity contribution in [1.82, 2.24) is 20.4 Å². The molecule has 2 bridgehead atoms. The standard InChI is InChI=1S/C18H24N4O2.ClH/c1-10(2)16-15-6-11(9-19-17(15)24-21-16)18(23)22(3)14-7-12-4-5-13(8-14)20-12;/h6,9-10,12-14,20H,4-5,7-8H2,1-3H3;1H. The summed E-state index contributed by atoms with van der Waals surface area (Å²) in [5.41, 5.74) is 1.97. The summed E-state index contributed by atoms with van der Waals surface area (Å²) in [6.07, 6.45) is 6.15.